The fraction of sp³-hybridized carbons (Fsp3) is 0.800. The van der Waals surface area contributed by atoms with E-state index in [1.807, 2.05) is 19.9 Å². The van der Waals surface area contributed by atoms with Crippen LogP contribution in [0.4, 0.5) is 0 Å². The lowest BCUT2D eigenvalue weighted by molar-refractivity contribution is 0.580. The van der Waals surface area contributed by atoms with E-state index in [4.69, 9.17) is 11.0 Å². The average Bonchev–Trinajstić information content (AvgIpc) is 1.65. The van der Waals surface area contributed by atoms with E-state index in [1.165, 1.54) is 0 Å². The van der Waals surface area contributed by atoms with Crippen LogP contribution >= 0.6 is 12.4 Å². The predicted molar refractivity (Wildman–Crippen MR) is 35.7 cm³/mol. The molecule has 0 bridgehead atoms. The van der Waals surface area contributed by atoms with Crippen molar-refractivity contribution in [1.29, 1.82) is 5.26 Å². The maximum atomic E-state index is 8.13. The number of hydrogen-bond acceptors (Lipinski definition) is 2. The zero-order valence-corrected chi connectivity index (χ0v) is 5.90. The first-order valence-electron chi connectivity index (χ1n) is 2.33. The first-order valence-corrected chi connectivity index (χ1v) is 2.33. The van der Waals surface area contributed by atoms with Gasteiger partial charge in [-0.1, -0.05) is 13.8 Å². The Bertz CT molecular complexity index is 84.9. The highest BCUT2D eigenvalue weighted by atomic mass is 35.5. The van der Waals surface area contributed by atoms with Crippen LogP contribution in [0.2, 0.25) is 0 Å². The van der Waals surface area contributed by atoms with Gasteiger partial charge in [-0.05, 0) is 5.92 Å². The van der Waals surface area contributed by atoms with Gasteiger partial charge in [0.25, 0.3) is 0 Å². The maximum Gasteiger partial charge on any atom is 0.0951 e. The lowest BCUT2D eigenvalue weighted by Crippen LogP contribution is -2.23. The largest absolute Gasteiger partial charge is 0.316 e. The van der Waals surface area contributed by atoms with Crippen molar-refractivity contribution in [3.63, 3.8) is 0 Å². The SMILES string of the molecule is CC(C)[C@H](N)C#N.Cl. The third-order valence-corrected chi connectivity index (χ3v) is 0.867. The molecule has 0 saturated carbocycles. The van der Waals surface area contributed by atoms with E-state index in [0.29, 0.717) is 0 Å². The minimum atomic E-state index is -0.292. The fourth-order valence-electron chi connectivity index (χ4n) is 0.149. The van der Waals surface area contributed by atoms with Gasteiger partial charge in [0.1, 0.15) is 0 Å². The van der Waals surface area contributed by atoms with Crippen LogP contribution in [0.15, 0.2) is 0 Å². The first kappa shape index (κ1) is 10.7. The molecular formula is C5H11ClN2. The van der Waals surface area contributed by atoms with Gasteiger partial charge in [0.05, 0.1) is 12.1 Å². The van der Waals surface area contributed by atoms with Crippen molar-refractivity contribution in [2.75, 3.05) is 0 Å². The zero-order chi connectivity index (χ0) is 5.86. The van der Waals surface area contributed by atoms with Crippen molar-refractivity contribution in [3.8, 4) is 6.07 Å². The molecule has 2 N–H and O–H groups in total. The van der Waals surface area contributed by atoms with E-state index in [0.717, 1.165) is 0 Å². The summed E-state index contributed by atoms with van der Waals surface area (Å²) in [6, 6.07) is 1.65. The molecule has 0 radical (unpaired) electrons. The molecule has 8 heavy (non-hydrogen) atoms. The van der Waals surface area contributed by atoms with Gasteiger partial charge in [0, 0.05) is 0 Å². The Morgan fingerprint density at radius 2 is 1.88 bits per heavy atom. The van der Waals surface area contributed by atoms with Crippen molar-refractivity contribution in [3.05, 3.63) is 0 Å². The fourth-order valence-corrected chi connectivity index (χ4v) is 0.149. The molecule has 1 atom stereocenters. The van der Waals surface area contributed by atoms with E-state index < -0.39 is 0 Å². The van der Waals surface area contributed by atoms with Crippen LogP contribution in [0.3, 0.4) is 0 Å². The second-order valence-electron chi connectivity index (χ2n) is 1.90. The van der Waals surface area contributed by atoms with Crippen LogP contribution in [-0.2, 0) is 0 Å². The summed E-state index contributed by atoms with van der Waals surface area (Å²) in [6.45, 7) is 3.85. The third kappa shape index (κ3) is 3.91. The normalized spacial score (nSPS) is 11.9. The summed E-state index contributed by atoms with van der Waals surface area (Å²) < 4.78 is 0. The highest BCUT2D eigenvalue weighted by molar-refractivity contribution is 5.85. The maximum absolute atomic E-state index is 8.13. The summed E-state index contributed by atoms with van der Waals surface area (Å²) in [6.07, 6.45) is 0. The number of rotatable bonds is 1. The van der Waals surface area contributed by atoms with Crippen LogP contribution in [0.5, 0.6) is 0 Å². The van der Waals surface area contributed by atoms with E-state index in [1.54, 1.807) is 0 Å². The Kier molecular flexibility index (Phi) is 6.52. The zero-order valence-electron chi connectivity index (χ0n) is 5.09. The second-order valence-corrected chi connectivity index (χ2v) is 1.90. The molecule has 0 rings (SSSR count). The molecule has 0 fully saturated rings. The van der Waals surface area contributed by atoms with E-state index in [-0.39, 0.29) is 24.4 Å². The van der Waals surface area contributed by atoms with Gasteiger partial charge in [-0.25, -0.2) is 0 Å². The van der Waals surface area contributed by atoms with E-state index >= 15 is 0 Å². The lowest BCUT2D eigenvalue weighted by Gasteiger charge is -2.02. The smallest absolute Gasteiger partial charge is 0.0951 e. The molecule has 0 saturated heterocycles. The summed E-state index contributed by atoms with van der Waals surface area (Å²) in [5.41, 5.74) is 5.25. The minimum Gasteiger partial charge on any atom is -0.316 e. The van der Waals surface area contributed by atoms with Gasteiger partial charge < -0.3 is 5.73 Å². The summed E-state index contributed by atoms with van der Waals surface area (Å²) in [5.74, 6) is 0.282. The van der Waals surface area contributed by atoms with Crippen LogP contribution in [-0.4, -0.2) is 6.04 Å². The van der Waals surface area contributed by atoms with E-state index in [2.05, 4.69) is 0 Å². The highest BCUT2D eigenvalue weighted by Gasteiger charge is 2.02. The van der Waals surface area contributed by atoms with Gasteiger partial charge in [-0.2, -0.15) is 5.26 Å². The molecule has 48 valence electrons. The molecule has 3 heteroatoms. The molecule has 0 spiro atoms. The first-order chi connectivity index (χ1) is 3.18. The Labute approximate surface area is 56.1 Å². The number of nitrogens with zero attached hydrogens (tertiary/aromatic N) is 1. The van der Waals surface area contributed by atoms with Crippen molar-refractivity contribution in [1.82, 2.24) is 0 Å². The summed E-state index contributed by atoms with van der Waals surface area (Å²) in [5, 5.41) is 8.13. The molecule has 0 aromatic rings. The lowest BCUT2D eigenvalue weighted by atomic mass is 10.1. The van der Waals surface area contributed by atoms with Crippen LogP contribution in [0.1, 0.15) is 13.8 Å². The second kappa shape index (κ2) is 4.89. The number of halogens is 1. The standard InChI is InChI=1S/C5H10N2.ClH/c1-4(2)5(7)3-6;/h4-5H,7H2,1-2H3;1H/t5-;/m1./s1. The summed E-state index contributed by atoms with van der Waals surface area (Å²) in [7, 11) is 0. The van der Waals surface area contributed by atoms with Crippen LogP contribution < -0.4 is 5.73 Å². The van der Waals surface area contributed by atoms with Gasteiger partial charge in [-0.15, -0.1) is 12.4 Å². The number of hydrogen-bond donors (Lipinski definition) is 1. The van der Waals surface area contributed by atoms with Crippen molar-refractivity contribution < 1.29 is 0 Å². The third-order valence-electron chi connectivity index (χ3n) is 0.867. The van der Waals surface area contributed by atoms with Crippen LogP contribution in [0, 0.1) is 17.2 Å². The molecule has 0 aromatic carbocycles. The van der Waals surface area contributed by atoms with Crippen molar-refractivity contribution in [2.24, 2.45) is 11.7 Å². The summed E-state index contributed by atoms with van der Waals surface area (Å²) >= 11 is 0. The number of nitrogens with two attached hydrogens (primary N) is 1. The average molecular weight is 135 g/mol. The van der Waals surface area contributed by atoms with Crippen LogP contribution in [0.25, 0.3) is 0 Å². The summed E-state index contributed by atoms with van der Waals surface area (Å²) in [4.78, 5) is 0. The van der Waals surface area contributed by atoms with Crippen molar-refractivity contribution in [2.45, 2.75) is 19.9 Å². The monoisotopic (exact) mass is 134 g/mol. The molecule has 2 nitrogen and oxygen atoms in total. The Morgan fingerprint density at radius 1 is 1.50 bits per heavy atom. The van der Waals surface area contributed by atoms with Crippen molar-refractivity contribution >= 4 is 12.4 Å². The number of nitriles is 1. The molecular weight excluding hydrogens is 124 g/mol. The minimum absolute atomic E-state index is 0. The molecule has 0 heterocycles. The molecule has 0 aliphatic rings. The quantitative estimate of drug-likeness (QED) is 0.580. The molecule has 0 aliphatic heterocycles. The van der Waals surface area contributed by atoms with Gasteiger partial charge >= 0.3 is 0 Å². The Balaban J connectivity index is 0. The molecule has 0 aromatic heterocycles. The van der Waals surface area contributed by atoms with E-state index in [9.17, 15) is 0 Å². The highest BCUT2D eigenvalue weighted by Crippen LogP contribution is 1.93. The predicted octanol–water partition coefficient (Wildman–Crippen LogP) is 0.915. The Morgan fingerprint density at radius 3 is 1.88 bits per heavy atom. The van der Waals surface area contributed by atoms with Gasteiger partial charge in [0.2, 0.25) is 0 Å². The topological polar surface area (TPSA) is 49.8 Å². The van der Waals surface area contributed by atoms with Gasteiger partial charge in [0.15, 0.2) is 0 Å². The Hall–Kier alpha value is -0.260. The van der Waals surface area contributed by atoms with Gasteiger partial charge in [-0.3, -0.25) is 0 Å². The molecule has 0 aliphatic carbocycles. The molecule has 0 unspecified atom stereocenters. The molecule has 0 amide bonds.